The van der Waals surface area contributed by atoms with Crippen LogP contribution in [0.1, 0.15) is 0 Å². The Labute approximate surface area is 86.5 Å². The first-order valence-corrected chi connectivity index (χ1v) is 5.83. The van der Waals surface area contributed by atoms with Crippen molar-refractivity contribution in [2.24, 2.45) is 14.3 Å². The molecule has 0 bridgehead atoms. The van der Waals surface area contributed by atoms with E-state index in [1.165, 1.54) is 0 Å². The molecule has 10 heteroatoms. The molecule has 0 heterocycles. The second kappa shape index (κ2) is 3.08. The monoisotopic (exact) mass is 262 g/mol. The molecule has 0 fully saturated rings. The Balaban J connectivity index is 6.10. The molecule has 0 aliphatic rings. The van der Waals surface area contributed by atoms with Crippen LogP contribution in [-0.4, -0.2) is 15.5 Å². The van der Waals surface area contributed by atoms with Crippen LogP contribution in [0.2, 0.25) is 0 Å². The number of hydrogen-bond acceptors (Lipinski definition) is 6. The van der Waals surface area contributed by atoms with Gasteiger partial charge in [0.15, 0.2) is 0 Å². The van der Waals surface area contributed by atoms with Gasteiger partial charge in [0.05, 0.1) is 0 Å². The molecule has 0 saturated heterocycles. The predicted octanol–water partition coefficient (Wildman–Crippen LogP) is 3.78. The molecule has 0 radical (unpaired) electrons. The Morgan fingerprint density at radius 3 is 1.15 bits per heavy atom. The van der Waals surface area contributed by atoms with Gasteiger partial charge < -0.3 is 0 Å². The van der Waals surface area contributed by atoms with Gasteiger partial charge in [-0.25, -0.2) is 0 Å². The van der Waals surface area contributed by atoms with Gasteiger partial charge >= 0.3 is 86.3 Å². The van der Waals surface area contributed by atoms with Crippen LogP contribution in [-0.2, 0) is 0 Å². The quantitative estimate of drug-likeness (QED) is 0.441. The number of halogens is 3. The molecule has 0 rings (SSSR count). The molecular formula is C3F3N3PS3-. The van der Waals surface area contributed by atoms with Crippen molar-refractivity contribution in [1.29, 1.82) is 0 Å². The maximum atomic E-state index is 13.1. The normalized spacial score (nSPS) is 15.0. The minimum absolute atomic E-state index is 1.14. The topological polar surface area (TPSA) is 37.1 Å². The van der Waals surface area contributed by atoms with Gasteiger partial charge in [-0.15, -0.1) is 0 Å². The van der Waals surface area contributed by atoms with Crippen molar-refractivity contribution < 1.29 is 12.6 Å². The summed E-state index contributed by atoms with van der Waals surface area (Å²) in [6.45, 7) is 0. The molecule has 0 aromatic rings. The molecule has 0 aliphatic carbocycles. The zero-order chi connectivity index (χ0) is 10.7. The third-order valence-electron chi connectivity index (χ3n) is 0.731. The fourth-order valence-electron chi connectivity index (χ4n) is 0.315. The van der Waals surface area contributed by atoms with Crippen LogP contribution >= 0.6 is 44.0 Å². The van der Waals surface area contributed by atoms with E-state index < -0.39 is 7.33 Å². The average molecular weight is 262 g/mol. The van der Waals surface area contributed by atoms with Crippen LogP contribution < -0.4 is 0 Å². The van der Waals surface area contributed by atoms with Crippen molar-refractivity contribution in [3.05, 3.63) is 0 Å². The van der Waals surface area contributed by atoms with Crippen molar-refractivity contribution >= 4 is 59.5 Å². The van der Waals surface area contributed by atoms with E-state index in [4.69, 9.17) is 0 Å². The molecule has 0 amide bonds. The second-order valence-electron chi connectivity index (χ2n) is 1.71. The number of thiocarbonyl (C=S) groups is 3. The van der Waals surface area contributed by atoms with Gasteiger partial charge in [-0.05, 0) is 0 Å². The first-order chi connectivity index (χ1) is 5.71. The van der Waals surface area contributed by atoms with Crippen molar-refractivity contribution in [1.82, 2.24) is 0 Å². The predicted molar refractivity (Wildman–Crippen MR) is 55.3 cm³/mol. The molecule has 0 unspecified atom stereocenters. The summed E-state index contributed by atoms with van der Waals surface area (Å²) in [5.41, 5.74) is 0. The van der Waals surface area contributed by atoms with E-state index in [1.807, 2.05) is 14.3 Å². The SMILES string of the molecule is F[P-](F)(F)(N=C=S)(N=C=S)N=C=S. The van der Waals surface area contributed by atoms with Crippen LogP contribution in [0.4, 0.5) is 12.6 Å². The molecule has 0 aromatic carbocycles. The zero-order valence-corrected chi connectivity index (χ0v) is 8.99. The summed E-state index contributed by atoms with van der Waals surface area (Å²) in [6.07, 6.45) is 0. The summed E-state index contributed by atoms with van der Waals surface area (Å²) in [7, 11) is -8.15. The Bertz CT molecular complexity index is 335. The van der Waals surface area contributed by atoms with Gasteiger partial charge in [0.2, 0.25) is 0 Å². The molecule has 0 aliphatic heterocycles. The van der Waals surface area contributed by atoms with Gasteiger partial charge in [0.1, 0.15) is 0 Å². The molecule has 72 valence electrons. The third kappa shape index (κ3) is 3.46. The van der Waals surface area contributed by atoms with Gasteiger partial charge in [0.25, 0.3) is 0 Å². The Morgan fingerprint density at radius 2 is 1.00 bits per heavy atom. The van der Waals surface area contributed by atoms with E-state index in [0.29, 0.717) is 0 Å². The van der Waals surface area contributed by atoms with Gasteiger partial charge in [-0.3, -0.25) is 0 Å². The summed E-state index contributed by atoms with van der Waals surface area (Å²) < 4.78 is 45.3. The van der Waals surface area contributed by atoms with Crippen LogP contribution in [0, 0.1) is 0 Å². The Kier molecular flexibility index (Phi) is 2.99. The Morgan fingerprint density at radius 1 is 0.769 bits per heavy atom. The van der Waals surface area contributed by atoms with Crippen LogP contribution in [0.5, 0.6) is 0 Å². The van der Waals surface area contributed by atoms with E-state index in [-0.39, 0.29) is 0 Å². The Hall–Kier alpha value is -0.380. The first kappa shape index (κ1) is 12.6. The average Bonchev–Trinajstić information content (AvgIpc) is 1.84. The summed E-state index contributed by atoms with van der Waals surface area (Å²) >= 11 is 11.5. The number of hydrogen-bond donors (Lipinski definition) is 0. The number of rotatable bonds is 3. The summed E-state index contributed by atoms with van der Waals surface area (Å²) in [5, 5.41) is 3.43. The molecule has 0 N–H and O–H groups in total. The molecule has 0 atom stereocenters. The maximum absolute atomic E-state index is 13.1. The first-order valence-electron chi connectivity index (χ1n) is 2.39. The third-order valence-corrected chi connectivity index (χ3v) is 2.93. The summed E-state index contributed by atoms with van der Waals surface area (Å²) in [6, 6.07) is 0. The molecule has 13 heavy (non-hydrogen) atoms. The zero-order valence-electron chi connectivity index (χ0n) is 5.65. The number of nitrogens with zero attached hydrogens (tertiary/aromatic N) is 3. The van der Waals surface area contributed by atoms with Crippen molar-refractivity contribution in [3.63, 3.8) is 0 Å². The van der Waals surface area contributed by atoms with Crippen molar-refractivity contribution in [2.75, 3.05) is 0 Å². The van der Waals surface area contributed by atoms with E-state index in [2.05, 4.69) is 36.7 Å². The summed E-state index contributed by atoms with van der Waals surface area (Å²) in [5.74, 6) is 0. The van der Waals surface area contributed by atoms with E-state index >= 15 is 0 Å². The number of isothiocyanates is 3. The van der Waals surface area contributed by atoms with Crippen molar-refractivity contribution in [2.45, 2.75) is 0 Å². The minimum atomic E-state index is -8.15. The fourth-order valence-corrected chi connectivity index (χ4v) is 2.44. The van der Waals surface area contributed by atoms with E-state index in [9.17, 15) is 12.6 Å². The van der Waals surface area contributed by atoms with Crippen LogP contribution in [0.25, 0.3) is 0 Å². The van der Waals surface area contributed by atoms with Crippen molar-refractivity contribution in [3.8, 4) is 0 Å². The van der Waals surface area contributed by atoms with E-state index in [0.717, 1.165) is 15.5 Å². The molecule has 0 spiro atoms. The van der Waals surface area contributed by atoms with Gasteiger partial charge in [-0.1, -0.05) is 0 Å². The van der Waals surface area contributed by atoms with Gasteiger partial charge in [0, 0.05) is 0 Å². The molecule has 3 nitrogen and oxygen atoms in total. The molecule has 0 aromatic heterocycles. The second-order valence-corrected chi connectivity index (χ2v) is 5.14. The molecule has 0 saturated carbocycles. The molecular weight excluding hydrogens is 262 g/mol. The standard InChI is InChI=1S/C3F3N3PS3/c4-10(5,6,7-1-11,8-2-12)9-3-13/q-1. The fraction of sp³-hybridized carbons (Fsp3) is 0. The van der Waals surface area contributed by atoms with Crippen LogP contribution in [0.3, 0.4) is 0 Å². The van der Waals surface area contributed by atoms with Gasteiger partial charge in [-0.2, -0.15) is 0 Å². The summed E-state index contributed by atoms with van der Waals surface area (Å²) in [4.78, 5) is 0. The van der Waals surface area contributed by atoms with Crippen LogP contribution in [0.15, 0.2) is 14.3 Å². The van der Waals surface area contributed by atoms with E-state index in [1.54, 1.807) is 0 Å².